The molecule has 17 heavy (non-hydrogen) atoms. The molecule has 1 saturated carbocycles. The summed E-state index contributed by atoms with van der Waals surface area (Å²) in [7, 11) is 0. The van der Waals surface area contributed by atoms with Crippen molar-refractivity contribution in [3.8, 4) is 0 Å². The zero-order chi connectivity index (χ0) is 11.2. The average molecular weight is 261 g/mol. The van der Waals surface area contributed by atoms with Gasteiger partial charge in [0.1, 0.15) is 0 Å². The minimum Gasteiger partial charge on any atom is -0.352 e. The van der Waals surface area contributed by atoms with E-state index in [-0.39, 0.29) is 12.4 Å². The van der Waals surface area contributed by atoms with Gasteiger partial charge in [-0.3, -0.25) is 4.79 Å². The second-order valence-electron chi connectivity index (χ2n) is 5.24. The Morgan fingerprint density at radius 3 is 2.29 bits per heavy atom. The summed E-state index contributed by atoms with van der Waals surface area (Å²) < 4.78 is 0. The van der Waals surface area contributed by atoms with E-state index in [2.05, 4.69) is 10.6 Å². The van der Waals surface area contributed by atoms with Crippen molar-refractivity contribution >= 4 is 18.3 Å². The largest absolute Gasteiger partial charge is 0.352 e. The van der Waals surface area contributed by atoms with E-state index in [1.807, 2.05) is 0 Å². The zero-order valence-corrected chi connectivity index (χ0v) is 11.4. The molecule has 0 aromatic rings. The van der Waals surface area contributed by atoms with Crippen molar-refractivity contribution < 1.29 is 4.79 Å². The Balaban J connectivity index is 0.00000144. The van der Waals surface area contributed by atoms with Crippen LogP contribution in [0.3, 0.4) is 0 Å². The first-order valence-corrected chi connectivity index (χ1v) is 6.87. The molecule has 1 aliphatic carbocycles. The third-order valence-electron chi connectivity index (χ3n) is 3.87. The van der Waals surface area contributed by atoms with E-state index in [0.29, 0.717) is 17.9 Å². The lowest BCUT2D eigenvalue weighted by molar-refractivity contribution is -0.126. The number of piperidine rings is 1. The Morgan fingerprint density at radius 1 is 1.00 bits per heavy atom. The highest BCUT2D eigenvalue weighted by atomic mass is 35.5. The predicted octanol–water partition coefficient (Wildman–Crippen LogP) is 2.25. The molecule has 1 aliphatic heterocycles. The maximum absolute atomic E-state index is 12.1. The molecule has 0 aromatic heterocycles. The SMILES string of the molecule is Cl.O=C(NC1CCCNC1)C1CCCCCC1. The lowest BCUT2D eigenvalue weighted by Crippen LogP contribution is -2.47. The van der Waals surface area contributed by atoms with E-state index in [4.69, 9.17) is 0 Å². The summed E-state index contributed by atoms with van der Waals surface area (Å²) in [5.74, 6) is 0.611. The van der Waals surface area contributed by atoms with Crippen molar-refractivity contribution in [3.63, 3.8) is 0 Å². The standard InChI is InChI=1S/C13H24N2O.ClH/c16-13(11-6-3-1-2-4-7-11)15-12-8-5-9-14-10-12;/h11-12,14H,1-10H2,(H,15,16);1H. The van der Waals surface area contributed by atoms with E-state index < -0.39 is 0 Å². The molecule has 100 valence electrons. The summed E-state index contributed by atoms with van der Waals surface area (Å²) in [6, 6.07) is 0.379. The number of hydrogen-bond donors (Lipinski definition) is 2. The Kier molecular flexibility index (Phi) is 6.90. The van der Waals surface area contributed by atoms with Crippen LogP contribution in [0, 0.1) is 5.92 Å². The maximum Gasteiger partial charge on any atom is 0.223 e. The second kappa shape index (κ2) is 7.93. The van der Waals surface area contributed by atoms with Crippen LogP contribution in [0.5, 0.6) is 0 Å². The molecule has 0 spiro atoms. The number of halogens is 1. The van der Waals surface area contributed by atoms with Gasteiger partial charge in [0.25, 0.3) is 0 Å². The normalized spacial score (nSPS) is 26.7. The Bertz CT molecular complexity index is 221. The molecule has 2 N–H and O–H groups in total. The van der Waals surface area contributed by atoms with Crippen LogP contribution in [0.15, 0.2) is 0 Å². The highest BCUT2D eigenvalue weighted by Gasteiger charge is 2.23. The molecule has 0 bridgehead atoms. The van der Waals surface area contributed by atoms with Crippen molar-refractivity contribution in [2.45, 2.75) is 57.4 Å². The first kappa shape index (κ1) is 14.8. The van der Waals surface area contributed by atoms with Gasteiger partial charge in [0.05, 0.1) is 0 Å². The summed E-state index contributed by atoms with van der Waals surface area (Å²) in [4.78, 5) is 12.1. The van der Waals surface area contributed by atoms with E-state index in [0.717, 1.165) is 32.4 Å². The molecule has 0 aromatic carbocycles. The predicted molar refractivity (Wildman–Crippen MR) is 72.5 cm³/mol. The summed E-state index contributed by atoms with van der Waals surface area (Å²) in [6.45, 7) is 2.06. The van der Waals surface area contributed by atoms with Crippen LogP contribution in [0.1, 0.15) is 51.4 Å². The van der Waals surface area contributed by atoms with Gasteiger partial charge in [-0.2, -0.15) is 0 Å². The molecule has 2 fully saturated rings. The Morgan fingerprint density at radius 2 is 1.71 bits per heavy atom. The molecule has 1 saturated heterocycles. The second-order valence-corrected chi connectivity index (χ2v) is 5.24. The Labute approximate surface area is 111 Å². The van der Waals surface area contributed by atoms with Gasteiger partial charge in [-0.1, -0.05) is 25.7 Å². The van der Waals surface area contributed by atoms with Crippen LogP contribution in [0.2, 0.25) is 0 Å². The first-order valence-electron chi connectivity index (χ1n) is 6.87. The topological polar surface area (TPSA) is 41.1 Å². The monoisotopic (exact) mass is 260 g/mol. The number of nitrogens with one attached hydrogen (secondary N) is 2. The third kappa shape index (κ3) is 4.84. The van der Waals surface area contributed by atoms with Gasteiger partial charge >= 0.3 is 0 Å². The van der Waals surface area contributed by atoms with Crippen molar-refractivity contribution in [2.24, 2.45) is 5.92 Å². The van der Waals surface area contributed by atoms with Crippen molar-refractivity contribution in [2.75, 3.05) is 13.1 Å². The van der Waals surface area contributed by atoms with Crippen LogP contribution < -0.4 is 10.6 Å². The fourth-order valence-corrected chi connectivity index (χ4v) is 2.84. The van der Waals surface area contributed by atoms with E-state index >= 15 is 0 Å². The first-order chi connectivity index (χ1) is 7.86. The minimum absolute atomic E-state index is 0. The minimum atomic E-state index is 0. The molecule has 1 unspecified atom stereocenters. The van der Waals surface area contributed by atoms with Crippen LogP contribution in [-0.4, -0.2) is 25.0 Å². The van der Waals surface area contributed by atoms with Crippen LogP contribution >= 0.6 is 12.4 Å². The van der Waals surface area contributed by atoms with Gasteiger partial charge in [0, 0.05) is 18.5 Å². The number of hydrogen-bond acceptors (Lipinski definition) is 2. The van der Waals surface area contributed by atoms with Gasteiger partial charge in [-0.25, -0.2) is 0 Å². The fraction of sp³-hybridized carbons (Fsp3) is 0.923. The fourth-order valence-electron chi connectivity index (χ4n) is 2.84. The van der Waals surface area contributed by atoms with Gasteiger partial charge in [-0.05, 0) is 32.2 Å². The third-order valence-corrected chi connectivity index (χ3v) is 3.87. The smallest absolute Gasteiger partial charge is 0.223 e. The molecule has 4 heteroatoms. The quantitative estimate of drug-likeness (QED) is 0.748. The zero-order valence-electron chi connectivity index (χ0n) is 10.5. The van der Waals surface area contributed by atoms with Crippen molar-refractivity contribution in [1.82, 2.24) is 10.6 Å². The summed E-state index contributed by atoms with van der Waals surface area (Å²) in [6.07, 6.45) is 9.64. The highest BCUT2D eigenvalue weighted by molar-refractivity contribution is 5.85. The van der Waals surface area contributed by atoms with Gasteiger partial charge < -0.3 is 10.6 Å². The van der Waals surface area contributed by atoms with Crippen LogP contribution in [0.25, 0.3) is 0 Å². The highest BCUT2D eigenvalue weighted by Crippen LogP contribution is 2.23. The summed E-state index contributed by atoms with van der Waals surface area (Å²) in [5.41, 5.74) is 0. The molecule has 1 amide bonds. The molecule has 3 nitrogen and oxygen atoms in total. The molecule has 1 atom stereocenters. The Hall–Kier alpha value is -0.280. The molecule has 0 radical (unpaired) electrons. The van der Waals surface area contributed by atoms with E-state index in [9.17, 15) is 4.79 Å². The molecule has 2 aliphatic rings. The number of rotatable bonds is 2. The lowest BCUT2D eigenvalue weighted by Gasteiger charge is -2.25. The van der Waals surface area contributed by atoms with E-state index in [1.165, 1.54) is 32.1 Å². The van der Waals surface area contributed by atoms with Gasteiger partial charge in [-0.15, -0.1) is 12.4 Å². The molecular weight excluding hydrogens is 236 g/mol. The van der Waals surface area contributed by atoms with Crippen LogP contribution in [0.4, 0.5) is 0 Å². The molecule has 1 heterocycles. The number of carbonyl (C=O) groups is 1. The van der Waals surface area contributed by atoms with Crippen LogP contribution in [-0.2, 0) is 4.79 Å². The van der Waals surface area contributed by atoms with Gasteiger partial charge in [0.15, 0.2) is 0 Å². The molecule has 2 rings (SSSR count). The molecular formula is C13H25ClN2O. The lowest BCUT2D eigenvalue weighted by atomic mass is 9.98. The van der Waals surface area contributed by atoms with Crippen molar-refractivity contribution in [1.29, 1.82) is 0 Å². The number of amides is 1. The summed E-state index contributed by atoms with van der Waals surface area (Å²) >= 11 is 0. The van der Waals surface area contributed by atoms with Crippen molar-refractivity contribution in [3.05, 3.63) is 0 Å². The number of carbonyl (C=O) groups excluding carboxylic acids is 1. The maximum atomic E-state index is 12.1. The van der Waals surface area contributed by atoms with Gasteiger partial charge in [0.2, 0.25) is 5.91 Å². The van der Waals surface area contributed by atoms with E-state index in [1.54, 1.807) is 0 Å². The average Bonchev–Trinajstić information content (AvgIpc) is 2.59. The summed E-state index contributed by atoms with van der Waals surface area (Å²) in [5, 5.41) is 6.56.